The number of hydrogen-bond acceptors (Lipinski definition) is 5. The summed E-state index contributed by atoms with van der Waals surface area (Å²) >= 11 is 0. The van der Waals surface area contributed by atoms with Crippen LogP contribution in [0.3, 0.4) is 0 Å². The van der Waals surface area contributed by atoms with Gasteiger partial charge in [-0.3, -0.25) is 9.69 Å². The Labute approximate surface area is 195 Å². The number of Topliss-reactive ketones (excluding diaryl/α,β-unsaturated/α-hetero) is 1. The Hall–Kier alpha value is 0.912. The van der Waals surface area contributed by atoms with Gasteiger partial charge in [-0.1, -0.05) is 19.9 Å². The molecule has 0 aliphatic carbocycles. The molecule has 1 aliphatic heterocycles. The van der Waals surface area contributed by atoms with E-state index in [4.69, 9.17) is 19.9 Å². The molecular formula is C19H37AcN2O4-. The molecule has 0 aromatic rings. The fraction of sp³-hybridized carbons (Fsp3) is 0.947. The van der Waals surface area contributed by atoms with Crippen LogP contribution in [-0.2, 0) is 19.0 Å². The molecule has 5 atom stereocenters. The predicted molar refractivity (Wildman–Crippen MR) is 99.6 cm³/mol. The van der Waals surface area contributed by atoms with Crippen molar-refractivity contribution in [3.05, 3.63) is 5.73 Å². The van der Waals surface area contributed by atoms with Crippen molar-refractivity contribution in [3.8, 4) is 0 Å². The fourth-order valence-corrected chi connectivity index (χ4v) is 4.22. The third-order valence-electron chi connectivity index (χ3n) is 5.90. The number of methoxy groups -OCH3 is 1. The maximum absolute atomic E-state index is 12.1. The Morgan fingerprint density at radius 2 is 1.85 bits per heavy atom. The number of nitrogens with one attached hydrogen (secondary N) is 1. The number of nitrogens with zero attached hydrogens (tertiary/aromatic N) is 1. The molecule has 1 saturated heterocycles. The van der Waals surface area contributed by atoms with Crippen molar-refractivity contribution in [1.29, 1.82) is 0 Å². The van der Waals surface area contributed by atoms with E-state index in [2.05, 4.69) is 18.7 Å². The van der Waals surface area contributed by atoms with Gasteiger partial charge in [0.15, 0.2) is 6.29 Å². The zero-order valence-electron chi connectivity index (χ0n) is 17.6. The summed E-state index contributed by atoms with van der Waals surface area (Å²) in [5.74, 6) is 0.257. The van der Waals surface area contributed by atoms with E-state index in [1.54, 1.807) is 14.0 Å². The summed E-state index contributed by atoms with van der Waals surface area (Å²) in [6.45, 7) is 10.7. The average molecular weight is 585 g/mol. The molecule has 0 amide bonds. The van der Waals surface area contributed by atoms with Gasteiger partial charge in [-0.2, -0.15) is 0 Å². The second-order valence-electron chi connectivity index (χ2n) is 7.09. The molecule has 0 bridgehead atoms. The summed E-state index contributed by atoms with van der Waals surface area (Å²) in [6.07, 6.45) is 1.98. The van der Waals surface area contributed by atoms with Gasteiger partial charge < -0.3 is 19.9 Å². The molecular weight excluding hydrogens is 547 g/mol. The number of likely N-dealkylation sites (N-methyl/N-ethyl adjacent to an activating group) is 1. The van der Waals surface area contributed by atoms with Gasteiger partial charge in [0.25, 0.3) is 0 Å². The van der Waals surface area contributed by atoms with Crippen LogP contribution in [0.1, 0.15) is 53.9 Å². The first kappa shape index (κ1) is 26.9. The van der Waals surface area contributed by atoms with Crippen molar-refractivity contribution in [2.24, 2.45) is 5.92 Å². The Bertz CT molecular complexity index is 412. The maximum Gasteiger partial charge on any atom is 0.154 e. The van der Waals surface area contributed by atoms with Crippen LogP contribution >= 0.6 is 0 Å². The largest absolute Gasteiger partial charge is 0.671 e. The quantitative estimate of drug-likeness (QED) is 0.349. The number of likely N-dealkylation sites (tertiary alicyclic amines) is 1. The van der Waals surface area contributed by atoms with Crippen LogP contribution in [0.4, 0.5) is 0 Å². The van der Waals surface area contributed by atoms with Gasteiger partial charge in [0, 0.05) is 63.8 Å². The second kappa shape index (κ2) is 12.5. The molecule has 151 valence electrons. The molecule has 1 N–H and O–H groups in total. The van der Waals surface area contributed by atoms with Crippen LogP contribution in [0, 0.1) is 50.0 Å². The first-order chi connectivity index (χ1) is 11.8. The third kappa shape index (κ3) is 6.20. The smallest absolute Gasteiger partial charge is 0.154 e. The average Bonchev–Trinajstić information content (AvgIpc) is 2.91. The van der Waals surface area contributed by atoms with Crippen LogP contribution in [0.15, 0.2) is 0 Å². The molecule has 1 fully saturated rings. The summed E-state index contributed by atoms with van der Waals surface area (Å²) in [7, 11) is 3.64. The van der Waals surface area contributed by atoms with Crippen LogP contribution in [0.2, 0.25) is 0 Å². The maximum atomic E-state index is 12.1. The van der Waals surface area contributed by atoms with Crippen LogP contribution in [0.25, 0.3) is 5.73 Å². The number of carbonyl (C=O) groups is 1. The molecule has 6 nitrogen and oxygen atoms in total. The van der Waals surface area contributed by atoms with Gasteiger partial charge >= 0.3 is 0 Å². The van der Waals surface area contributed by atoms with E-state index >= 15 is 0 Å². The number of ether oxygens (including phenoxy) is 3. The number of carbonyl (C=O) groups excluding carboxylic acids is 1. The first-order valence-electron chi connectivity index (χ1n) is 9.49. The SMILES string of the molecule is CCOC(C)OC[C@@H]1C[C@H](C(C)=O)N(C)[C@H]1C([NH-])C(CC)(CC)OC.[Ac]. The molecule has 0 aromatic heterocycles. The van der Waals surface area contributed by atoms with E-state index in [1.165, 1.54) is 0 Å². The molecule has 1 rings (SSSR count). The molecule has 2 unspecified atom stereocenters. The van der Waals surface area contributed by atoms with Crippen molar-refractivity contribution in [2.45, 2.75) is 83.9 Å². The standard InChI is InChI=1S/C19H37N2O4.Ac/c1-8-19(9-2,23-7)18(20)17-15(12-25-14(5)24-10-3)11-16(13(4)22)21(17)6;/h14-18,20H,8-12H2,1-7H3;/q-1;/t14?,15-,16+,17+,18?;/m0./s1. The summed E-state index contributed by atoms with van der Waals surface area (Å²) < 4.78 is 17.1. The number of rotatable bonds is 11. The Balaban J connectivity index is 0.00000625. The first-order valence-corrected chi connectivity index (χ1v) is 9.49. The monoisotopic (exact) mass is 584 g/mol. The van der Waals surface area contributed by atoms with Gasteiger partial charge in [-0.25, -0.2) is 0 Å². The third-order valence-corrected chi connectivity index (χ3v) is 5.90. The summed E-state index contributed by atoms with van der Waals surface area (Å²) in [5.41, 5.74) is 8.46. The van der Waals surface area contributed by atoms with Gasteiger partial charge in [0.1, 0.15) is 5.78 Å². The van der Waals surface area contributed by atoms with Gasteiger partial charge in [0.05, 0.1) is 18.2 Å². The Morgan fingerprint density at radius 1 is 1.27 bits per heavy atom. The molecule has 26 heavy (non-hydrogen) atoms. The fourth-order valence-electron chi connectivity index (χ4n) is 4.22. The van der Waals surface area contributed by atoms with E-state index in [9.17, 15) is 4.79 Å². The molecule has 1 radical (unpaired) electrons. The van der Waals surface area contributed by atoms with E-state index < -0.39 is 11.6 Å². The summed E-state index contributed by atoms with van der Waals surface area (Å²) in [6, 6.07) is -0.683. The second-order valence-corrected chi connectivity index (χ2v) is 7.09. The normalized spacial score (nSPS) is 26.4. The minimum absolute atomic E-state index is 0. The number of ketones is 1. The van der Waals surface area contributed by atoms with Gasteiger partial charge in [-0.05, 0) is 53.0 Å². The zero-order valence-corrected chi connectivity index (χ0v) is 22.3. The number of hydrogen-bond donors (Lipinski definition) is 0. The Morgan fingerprint density at radius 3 is 2.27 bits per heavy atom. The van der Waals surface area contributed by atoms with Gasteiger partial charge in [-0.15, -0.1) is 0 Å². The van der Waals surface area contributed by atoms with Crippen molar-refractivity contribution in [1.82, 2.24) is 4.90 Å². The molecule has 7 heteroatoms. The Kier molecular flexibility index (Phi) is 12.9. The molecule has 0 spiro atoms. The van der Waals surface area contributed by atoms with E-state index in [0.717, 1.165) is 19.3 Å². The predicted octanol–water partition coefficient (Wildman–Crippen LogP) is 3.29. The molecule has 1 aliphatic rings. The van der Waals surface area contributed by atoms with Crippen molar-refractivity contribution in [2.75, 3.05) is 27.4 Å². The molecule has 0 saturated carbocycles. The molecule has 0 aromatic carbocycles. The van der Waals surface area contributed by atoms with Crippen LogP contribution in [0.5, 0.6) is 0 Å². The van der Waals surface area contributed by atoms with Crippen molar-refractivity contribution < 1.29 is 63.1 Å². The zero-order chi connectivity index (χ0) is 19.2. The van der Waals surface area contributed by atoms with Crippen LogP contribution < -0.4 is 0 Å². The molecule has 1 heterocycles. The van der Waals surface area contributed by atoms with E-state index in [1.807, 2.05) is 20.9 Å². The van der Waals surface area contributed by atoms with E-state index in [0.29, 0.717) is 13.2 Å². The van der Waals surface area contributed by atoms with Crippen molar-refractivity contribution >= 4 is 5.78 Å². The minimum atomic E-state index is -0.506. The minimum Gasteiger partial charge on any atom is -0.671 e. The van der Waals surface area contributed by atoms with Crippen molar-refractivity contribution in [3.63, 3.8) is 0 Å². The topological polar surface area (TPSA) is 71.8 Å². The summed E-state index contributed by atoms with van der Waals surface area (Å²) in [5, 5.41) is 0. The van der Waals surface area contributed by atoms with E-state index in [-0.39, 0.29) is 74.1 Å². The summed E-state index contributed by atoms with van der Waals surface area (Å²) in [4.78, 5) is 14.1. The van der Waals surface area contributed by atoms with Crippen LogP contribution in [-0.4, -0.2) is 68.1 Å². The van der Waals surface area contributed by atoms with Gasteiger partial charge in [0.2, 0.25) is 0 Å².